The first-order chi connectivity index (χ1) is 18.2. The van der Waals surface area contributed by atoms with Gasteiger partial charge in [0.1, 0.15) is 12.2 Å². The molecule has 1 aromatic carbocycles. The van der Waals surface area contributed by atoms with Gasteiger partial charge in [-0.3, -0.25) is 8.97 Å². The molecule has 0 atom stereocenters. The molecule has 0 spiro atoms. The monoisotopic (exact) mass is 522 g/mol. The molecule has 0 saturated heterocycles. The molecule has 200 valence electrons. The van der Waals surface area contributed by atoms with Gasteiger partial charge in [0.05, 0.1) is 22.7 Å². The van der Waals surface area contributed by atoms with Crippen molar-refractivity contribution in [1.29, 1.82) is 0 Å². The van der Waals surface area contributed by atoms with Crippen LogP contribution < -0.4 is 11.0 Å². The SMILES string of the molecule is COC1CC(c2cccc(-n3cc4c(C(F)F)cc(CNC5(C)CCC5)cn4c3=O)c2)(c2nncn2C)C1. The third-order valence-electron chi connectivity index (χ3n) is 8.57. The summed E-state index contributed by atoms with van der Waals surface area (Å²) in [5, 5.41) is 11.9. The van der Waals surface area contributed by atoms with Crippen molar-refractivity contribution in [2.45, 2.75) is 69.1 Å². The molecular weight excluding hydrogens is 490 g/mol. The third-order valence-corrected chi connectivity index (χ3v) is 8.57. The van der Waals surface area contributed by atoms with Gasteiger partial charge < -0.3 is 14.6 Å². The highest BCUT2D eigenvalue weighted by atomic mass is 19.3. The molecule has 3 heterocycles. The Bertz CT molecular complexity index is 1540. The van der Waals surface area contributed by atoms with E-state index < -0.39 is 11.8 Å². The molecule has 8 nitrogen and oxygen atoms in total. The highest BCUT2D eigenvalue weighted by Crippen LogP contribution is 2.49. The van der Waals surface area contributed by atoms with E-state index in [0.717, 1.165) is 43.5 Å². The summed E-state index contributed by atoms with van der Waals surface area (Å²) >= 11 is 0. The highest BCUT2D eigenvalue weighted by molar-refractivity contribution is 5.57. The van der Waals surface area contributed by atoms with Crippen molar-refractivity contribution in [3.8, 4) is 5.69 Å². The zero-order chi connectivity index (χ0) is 26.7. The van der Waals surface area contributed by atoms with E-state index in [2.05, 4.69) is 22.4 Å². The van der Waals surface area contributed by atoms with E-state index in [9.17, 15) is 13.6 Å². The van der Waals surface area contributed by atoms with E-state index in [0.29, 0.717) is 17.8 Å². The lowest BCUT2D eigenvalue weighted by Gasteiger charge is -2.46. The molecule has 38 heavy (non-hydrogen) atoms. The van der Waals surface area contributed by atoms with Crippen LogP contribution in [0.1, 0.15) is 68.0 Å². The zero-order valence-electron chi connectivity index (χ0n) is 21.8. The van der Waals surface area contributed by atoms with Crippen molar-refractivity contribution in [2.24, 2.45) is 7.05 Å². The topological polar surface area (TPSA) is 78.4 Å². The first-order valence-electron chi connectivity index (χ1n) is 13.0. The predicted molar refractivity (Wildman–Crippen MR) is 139 cm³/mol. The number of pyridine rings is 1. The Balaban J connectivity index is 1.41. The van der Waals surface area contributed by atoms with Crippen molar-refractivity contribution in [3.05, 3.63) is 82.1 Å². The number of nitrogens with one attached hydrogen (secondary N) is 1. The number of aromatic nitrogens is 5. The second-order valence-corrected chi connectivity index (χ2v) is 11.1. The van der Waals surface area contributed by atoms with E-state index in [-0.39, 0.29) is 28.4 Å². The van der Waals surface area contributed by atoms with Gasteiger partial charge in [-0.15, -0.1) is 10.2 Å². The summed E-state index contributed by atoms with van der Waals surface area (Å²) in [5.41, 5.74) is 1.55. The first-order valence-corrected chi connectivity index (χ1v) is 13.0. The van der Waals surface area contributed by atoms with Crippen LogP contribution >= 0.6 is 0 Å². The Morgan fingerprint density at radius 2 is 2.00 bits per heavy atom. The fourth-order valence-corrected chi connectivity index (χ4v) is 6.03. The molecule has 6 rings (SSSR count). The number of alkyl halides is 2. The van der Waals surface area contributed by atoms with Crippen molar-refractivity contribution in [3.63, 3.8) is 0 Å². The van der Waals surface area contributed by atoms with Gasteiger partial charge in [0.2, 0.25) is 0 Å². The molecule has 2 aliphatic carbocycles. The lowest BCUT2D eigenvalue weighted by Crippen LogP contribution is -2.48. The minimum atomic E-state index is -2.70. The van der Waals surface area contributed by atoms with Crippen LogP contribution in [0.25, 0.3) is 11.2 Å². The minimum absolute atomic E-state index is 0.0271. The Kier molecular flexibility index (Phi) is 5.99. The number of aryl methyl sites for hydroxylation is 1. The molecule has 3 aromatic heterocycles. The number of fused-ring (bicyclic) bond motifs is 1. The number of hydrogen-bond donors (Lipinski definition) is 1. The molecule has 1 N–H and O–H groups in total. The summed E-state index contributed by atoms with van der Waals surface area (Å²) in [5.74, 6) is 0.828. The van der Waals surface area contributed by atoms with E-state index in [1.165, 1.54) is 21.2 Å². The summed E-state index contributed by atoms with van der Waals surface area (Å²) < 4.78 is 38.6. The average molecular weight is 523 g/mol. The standard InChI is InChI=1S/C28H32F2N6O2/c1-27(8-5-9-27)31-14-18-10-22(24(29)30)23-16-35(26(37)36(23)15-18)20-7-4-6-19(11-20)28(12-21(13-28)38-3)25-33-32-17-34(25)2/h4,6-7,10-11,15-17,21,24,31H,5,8-9,12-14H2,1-3H3. The van der Waals surface area contributed by atoms with E-state index in [1.807, 2.05) is 35.9 Å². The van der Waals surface area contributed by atoms with E-state index in [4.69, 9.17) is 4.74 Å². The highest BCUT2D eigenvalue weighted by Gasteiger charge is 2.50. The largest absolute Gasteiger partial charge is 0.381 e. The Morgan fingerprint density at radius 3 is 2.63 bits per heavy atom. The summed E-state index contributed by atoms with van der Waals surface area (Å²) in [7, 11) is 3.61. The van der Waals surface area contributed by atoms with Crippen LogP contribution in [0.5, 0.6) is 0 Å². The molecule has 2 aliphatic rings. The number of ether oxygens (including phenoxy) is 1. The van der Waals surface area contributed by atoms with Gasteiger partial charge in [-0.2, -0.15) is 0 Å². The lowest BCUT2D eigenvalue weighted by atomic mass is 9.62. The van der Waals surface area contributed by atoms with Crippen LogP contribution in [0.4, 0.5) is 8.78 Å². The van der Waals surface area contributed by atoms with E-state index >= 15 is 0 Å². The van der Waals surface area contributed by atoms with Crippen LogP contribution in [-0.4, -0.2) is 42.5 Å². The first kappa shape index (κ1) is 24.9. The summed E-state index contributed by atoms with van der Waals surface area (Å²) in [6, 6.07) is 9.19. The summed E-state index contributed by atoms with van der Waals surface area (Å²) in [6.07, 6.45) is 7.01. The van der Waals surface area contributed by atoms with Crippen LogP contribution in [0.3, 0.4) is 0 Å². The quantitative estimate of drug-likeness (QED) is 0.374. The number of methoxy groups -OCH3 is 1. The molecule has 2 saturated carbocycles. The Hall–Kier alpha value is -3.37. The maximum atomic E-state index is 14.1. The molecule has 0 bridgehead atoms. The van der Waals surface area contributed by atoms with Crippen molar-refractivity contribution in [2.75, 3.05) is 7.11 Å². The fourth-order valence-electron chi connectivity index (χ4n) is 6.03. The zero-order valence-corrected chi connectivity index (χ0v) is 21.8. The molecule has 4 aromatic rings. The molecule has 10 heteroatoms. The average Bonchev–Trinajstić information content (AvgIpc) is 3.44. The minimum Gasteiger partial charge on any atom is -0.381 e. The normalized spacial score (nSPS) is 22.5. The predicted octanol–water partition coefficient (Wildman–Crippen LogP) is 4.28. The van der Waals surface area contributed by atoms with E-state index in [1.54, 1.807) is 19.6 Å². The molecule has 0 radical (unpaired) electrons. The van der Waals surface area contributed by atoms with Crippen molar-refractivity contribution >= 4 is 5.52 Å². The van der Waals surface area contributed by atoms with Gasteiger partial charge in [-0.1, -0.05) is 12.1 Å². The molecule has 0 amide bonds. The van der Waals surface area contributed by atoms with Gasteiger partial charge in [0.25, 0.3) is 6.43 Å². The second kappa shape index (κ2) is 9.13. The smallest absolute Gasteiger partial charge is 0.337 e. The number of benzene rings is 1. The summed E-state index contributed by atoms with van der Waals surface area (Å²) in [6.45, 7) is 2.57. The number of nitrogens with zero attached hydrogens (tertiary/aromatic N) is 5. The number of imidazole rings is 1. The van der Waals surface area contributed by atoms with Crippen LogP contribution in [0.15, 0.2) is 53.8 Å². The molecular formula is C28H32F2N6O2. The van der Waals surface area contributed by atoms with Crippen molar-refractivity contribution in [1.82, 2.24) is 29.0 Å². The van der Waals surface area contributed by atoms with Crippen molar-refractivity contribution < 1.29 is 13.5 Å². The molecule has 0 aliphatic heterocycles. The van der Waals surface area contributed by atoms with Gasteiger partial charge >= 0.3 is 5.69 Å². The Labute approximate surface area is 219 Å². The molecule has 2 fully saturated rings. The van der Waals surface area contributed by atoms with Gasteiger partial charge in [0.15, 0.2) is 0 Å². The number of halogens is 2. The van der Waals surface area contributed by atoms with Gasteiger partial charge in [0, 0.05) is 44.2 Å². The number of hydrogen-bond acceptors (Lipinski definition) is 5. The van der Waals surface area contributed by atoms with Gasteiger partial charge in [-0.25, -0.2) is 13.6 Å². The second-order valence-electron chi connectivity index (χ2n) is 11.1. The molecule has 0 unspecified atom stereocenters. The van der Waals surface area contributed by atoms with Crippen LogP contribution in [0, 0.1) is 0 Å². The Morgan fingerprint density at radius 1 is 1.21 bits per heavy atom. The van der Waals surface area contributed by atoms with Crippen LogP contribution in [0.2, 0.25) is 0 Å². The fraction of sp³-hybridized carbons (Fsp3) is 0.464. The number of rotatable bonds is 8. The van der Waals surface area contributed by atoms with Crippen LogP contribution in [-0.2, 0) is 23.7 Å². The lowest BCUT2D eigenvalue weighted by molar-refractivity contribution is -0.00696. The third kappa shape index (κ3) is 3.97. The van der Waals surface area contributed by atoms with Gasteiger partial charge in [-0.05, 0) is 68.4 Å². The maximum Gasteiger partial charge on any atom is 0.337 e. The summed E-state index contributed by atoms with van der Waals surface area (Å²) in [4.78, 5) is 13.6. The maximum absolute atomic E-state index is 14.1.